The third-order valence-corrected chi connectivity index (χ3v) is 6.56. The van der Waals surface area contributed by atoms with E-state index in [9.17, 15) is 39.5 Å². The number of aromatic hydroxyl groups is 1. The van der Waals surface area contributed by atoms with Gasteiger partial charge in [0.1, 0.15) is 16.3 Å². The molecule has 0 fully saturated rings. The second-order valence-corrected chi connectivity index (χ2v) is 10.3. The second kappa shape index (κ2) is 7.63. The van der Waals surface area contributed by atoms with Gasteiger partial charge in [-0.15, -0.1) is 5.11 Å². The van der Waals surface area contributed by atoms with Crippen LogP contribution < -0.4 is 0 Å². The fraction of sp³-hybridized carbons (Fsp3) is 0. The summed E-state index contributed by atoms with van der Waals surface area (Å²) in [5.74, 6) is -0.574. The van der Waals surface area contributed by atoms with Crippen LogP contribution in [0, 0.1) is 0 Å². The number of phenolic OH excluding ortho intramolecular Hbond substituents is 1. The van der Waals surface area contributed by atoms with Crippen molar-refractivity contribution in [2.45, 2.75) is 14.7 Å². The number of phenols is 1. The van der Waals surface area contributed by atoms with E-state index in [1.807, 2.05) is 0 Å². The summed E-state index contributed by atoms with van der Waals surface area (Å²) >= 11 is 0. The Hall–Kier alpha value is -2.95. The minimum absolute atomic E-state index is 0.0479. The van der Waals surface area contributed by atoms with Gasteiger partial charge in [0.25, 0.3) is 30.4 Å². The quantitative estimate of drug-likeness (QED) is 0.305. The Morgan fingerprint density at radius 1 is 0.645 bits per heavy atom. The lowest BCUT2D eigenvalue weighted by Crippen LogP contribution is -2.04. The Balaban J connectivity index is 2.25. The zero-order valence-corrected chi connectivity index (χ0v) is 17.4. The van der Waals surface area contributed by atoms with Crippen LogP contribution in [0.2, 0.25) is 0 Å². The van der Waals surface area contributed by atoms with Gasteiger partial charge in [0.05, 0.1) is 15.5 Å². The summed E-state index contributed by atoms with van der Waals surface area (Å²) in [6.07, 6.45) is 0. The van der Waals surface area contributed by atoms with Crippen LogP contribution in [0.5, 0.6) is 5.75 Å². The topological polar surface area (TPSA) is 208 Å². The number of benzene rings is 3. The predicted molar refractivity (Wildman–Crippen MR) is 106 cm³/mol. The summed E-state index contributed by atoms with van der Waals surface area (Å²) < 4.78 is 96.5. The van der Waals surface area contributed by atoms with Crippen molar-refractivity contribution in [2.75, 3.05) is 0 Å². The van der Waals surface area contributed by atoms with E-state index >= 15 is 0 Å². The van der Waals surface area contributed by atoms with E-state index in [1.165, 1.54) is 0 Å². The fourth-order valence-electron chi connectivity index (χ4n) is 2.62. The van der Waals surface area contributed by atoms with Crippen LogP contribution in [0.4, 0.5) is 11.4 Å². The monoisotopic (exact) mass is 488 g/mol. The molecule has 0 aliphatic carbocycles. The van der Waals surface area contributed by atoms with Crippen molar-refractivity contribution >= 4 is 52.5 Å². The van der Waals surface area contributed by atoms with Gasteiger partial charge in [-0.1, -0.05) is 6.07 Å². The summed E-state index contributed by atoms with van der Waals surface area (Å²) in [7, 11) is -14.3. The number of azo groups is 1. The Morgan fingerprint density at radius 2 is 1.23 bits per heavy atom. The predicted octanol–water partition coefficient (Wildman–Crippen LogP) is 2.70. The first-order chi connectivity index (χ1) is 14.2. The molecule has 0 saturated carbocycles. The number of hydrogen-bond donors (Lipinski definition) is 4. The highest BCUT2D eigenvalue weighted by Gasteiger charge is 2.24. The molecule has 0 aromatic heterocycles. The molecule has 0 heterocycles. The van der Waals surface area contributed by atoms with Gasteiger partial charge in [0.15, 0.2) is 0 Å². The molecule has 4 N–H and O–H groups in total. The minimum atomic E-state index is -5.04. The molecule has 164 valence electrons. The first-order valence-electron chi connectivity index (χ1n) is 7.92. The van der Waals surface area contributed by atoms with Gasteiger partial charge in [-0.2, -0.15) is 30.4 Å². The molecule has 0 unspecified atom stereocenters. The van der Waals surface area contributed by atoms with Gasteiger partial charge in [0, 0.05) is 5.39 Å². The van der Waals surface area contributed by atoms with E-state index < -0.39 is 56.5 Å². The van der Waals surface area contributed by atoms with E-state index in [0.29, 0.717) is 6.07 Å². The van der Waals surface area contributed by atoms with Gasteiger partial charge in [-0.25, -0.2) is 0 Å². The largest absolute Gasteiger partial charge is 0.506 e. The molecule has 0 aliphatic rings. The lowest BCUT2D eigenvalue weighted by molar-refractivity contribution is 0.476. The maximum absolute atomic E-state index is 11.8. The van der Waals surface area contributed by atoms with Crippen LogP contribution in [0.15, 0.2) is 73.4 Å². The molecule has 3 aromatic rings. The molecule has 3 aromatic carbocycles. The van der Waals surface area contributed by atoms with Gasteiger partial charge in [0.2, 0.25) is 0 Å². The zero-order chi connectivity index (χ0) is 23.2. The maximum Gasteiger partial charge on any atom is 0.295 e. The highest BCUT2D eigenvalue weighted by molar-refractivity contribution is 7.87. The van der Waals surface area contributed by atoms with Gasteiger partial charge < -0.3 is 5.11 Å². The van der Waals surface area contributed by atoms with Gasteiger partial charge >= 0.3 is 0 Å². The first kappa shape index (κ1) is 22.7. The van der Waals surface area contributed by atoms with E-state index in [0.717, 1.165) is 42.5 Å². The van der Waals surface area contributed by atoms with Crippen LogP contribution in [0.25, 0.3) is 10.8 Å². The van der Waals surface area contributed by atoms with Crippen molar-refractivity contribution in [1.82, 2.24) is 0 Å². The maximum atomic E-state index is 11.8. The van der Waals surface area contributed by atoms with Crippen molar-refractivity contribution < 1.29 is 44.0 Å². The van der Waals surface area contributed by atoms with E-state index in [4.69, 9.17) is 4.55 Å². The number of hydrogen-bond acceptors (Lipinski definition) is 9. The number of nitrogens with zero attached hydrogens (tertiary/aromatic N) is 2. The smallest absolute Gasteiger partial charge is 0.295 e. The minimum Gasteiger partial charge on any atom is -0.506 e. The molecule has 0 amide bonds. The molecule has 3 rings (SSSR count). The highest BCUT2D eigenvalue weighted by atomic mass is 32.2. The van der Waals surface area contributed by atoms with Crippen molar-refractivity contribution in [1.29, 1.82) is 0 Å². The molecule has 0 radical (unpaired) electrons. The van der Waals surface area contributed by atoms with Crippen LogP contribution in [-0.2, 0) is 30.4 Å². The Morgan fingerprint density at radius 3 is 1.74 bits per heavy atom. The third kappa shape index (κ3) is 4.87. The van der Waals surface area contributed by atoms with Gasteiger partial charge in [-0.3, -0.25) is 13.7 Å². The Bertz CT molecular complexity index is 1540. The molecule has 31 heavy (non-hydrogen) atoms. The van der Waals surface area contributed by atoms with Crippen LogP contribution >= 0.6 is 0 Å². The van der Waals surface area contributed by atoms with Crippen molar-refractivity contribution in [2.24, 2.45) is 10.2 Å². The standard InChI is InChI=1S/C16H12N2O10S3/c19-13-6-1-9-7-12(30(23,24)25)8-14(31(26,27)28)15(9)16(13)18-17-10-2-4-11(5-3-10)29(20,21)22/h1-8,19H,(H,20,21,22)(H,23,24,25)(H,26,27,28). The average Bonchev–Trinajstić information content (AvgIpc) is 2.64. The highest BCUT2D eigenvalue weighted by Crippen LogP contribution is 2.40. The first-order valence-corrected chi connectivity index (χ1v) is 12.2. The molecule has 0 spiro atoms. The van der Waals surface area contributed by atoms with Crippen molar-refractivity contribution in [3.63, 3.8) is 0 Å². The van der Waals surface area contributed by atoms with Crippen LogP contribution in [-0.4, -0.2) is 44.0 Å². The van der Waals surface area contributed by atoms with E-state index in [-0.39, 0.29) is 16.5 Å². The molecule has 12 nitrogen and oxygen atoms in total. The zero-order valence-electron chi connectivity index (χ0n) is 15.0. The molecule has 15 heteroatoms. The Labute approximate surface area is 175 Å². The Kier molecular flexibility index (Phi) is 5.59. The number of rotatable bonds is 5. The third-order valence-electron chi connectivity index (χ3n) is 3.98. The lowest BCUT2D eigenvalue weighted by Gasteiger charge is -2.10. The summed E-state index contributed by atoms with van der Waals surface area (Å²) in [5, 5.41) is 17.1. The average molecular weight is 488 g/mol. The van der Waals surface area contributed by atoms with E-state index in [1.54, 1.807) is 0 Å². The number of fused-ring (bicyclic) bond motifs is 1. The summed E-state index contributed by atoms with van der Waals surface area (Å²) in [4.78, 5) is -2.18. The van der Waals surface area contributed by atoms with Gasteiger partial charge in [-0.05, 0) is 47.9 Å². The van der Waals surface area contributed by atoms with Crippen LogP contribution in [0.3, 0.4) is 0 Å². The van der Waals surface area contributed by atoms with Crippen LogP contribution in [0.1, 0.15) is 0 Å². The SMILES string of the molecule is O=S(=O)(O)c1ccc(N=Nc2c(O)ccc3cc(S(=O)(=O)O)cc(S(=O)(=O)O)c23)cc1. The molecule has 0 bridgehead atoms. The van der Waals surface area contributed by atoms with Crippen molar-refractivity contribution in [3.8, 4) is 5.75 Å². The molecule has 0 atom stereocenters. The fourth-order valence-corrected chi connectivity index (χ4v) is 4.46. The van der Waals surface area contributed by atoms with Crippen molar-refractivity contribution in [3.05, 3.63) is 48.5 Å². The normalized spacial score (nSPS) is 13.1. The lowest BCUT2D eigenvalue weighted by atomic mass is 10.1. The molecule has 0 aliphatic heterocycles. The van der Waals surface area contributed by atoms with E-state index in [2.05, 4.69) is 10.2 Å². The molecule has 0 saturated heterocycles. The molecular weight excluding hydrogens is 476 g/mol. The summed E-state index contributed by atoms with van der Waals surface area (Å²) in [6.45, 7) is 0. The summed E-state index contributed by atoms with van der Waals surface area (Å²) in [6, 6.07) is 7.95. The summed E-state index contributed by atoms with van der Waals surface area (Å²) in [5.41, 5.74) is -0.405. The molecular formula is C16H12N2O10S3. The second-order valence-electron chi connectivity index (χ2n) is 6.07.